The lowest BCUT2D eigenvalue weighted by Gasteiger charge is -2.25. The summed E-state index contributed by atoms with van der Waals surface area (Å²) in [5.74, 6) is -0.743. The third-order valence-corrected chi connectivity index (χ3v) is 4.41. The molecule has 0 spiro atoms. The molecular formula is C14H17ClN4O4. The minimum atomic E-state index is -0.743. The SMILES string of the molecule is CC(O)[C@H]1O[C@@H](n2cnc3c(Cl)ncnc32)[C@@H]2OC(C)(C)O[C@@H]21. The Morgan fingerprint density at radius 2 is 2.00 bits per heavy atom. The van der Waals surface area contributed by atoms with Crippen LogP contribution in [-0.2, 0) is 14.2 Å². The summed E-state index contributed by atoms with van der Waals surface area (Å²) in [7, 11) is 0. The zero-order valence-corrected chi connectivity index (χ0v) is 13.6. The second-order valence-electron chi connectivity index (χ2n) is 6.29. The molecule has 4 heterocycles. The normalized spacial score (nSPS) is 34.0. The highest BCUT2D eigenvalue weighted by Crippen LogP contribution is 2.44. The van der Waals surface area contributed by atoms with Crippen LogP contribution in [0.15, 0.2) is 12.7 Å². The summed E-state index contributed by atoms with van der Waals surface area (Å²) in [6.45, 7) is 5.35. The van der Waals surface area contributed by atoms with Gasteiger partial charge >= 0.3 is 0 Å². The fourth-order valence-electron chi connectivity index (χ4n) is 3.23. The molecule has 2 fully saturated rings. The van der Waals surface area contributed by atoms with Crippen molar-refractivity contribution in [1.29, 1.82) is 0 Å². The van der Waals surface area contributed by atoms with E-state index in [-0.39, 0.29) is 17.4 Å². The van der Waals surface area contributed by atoms with Crippen LogP contribution in [-0.4, -0.2) is 54.8 Å². The zero-order chi connectivity index (χ0) is 16.4. The van der Waals surface area contributed by atoms with E-state index in [0.717, 1.165) is 0 Å². The van der Waals surface area contributed by atoms with E-state index in [1.165, 1.54) is 6.33 Å². The molecule has 4 rings (SSSR count). The number of imidazole rings is 1. The van der Waals surface area contributed by atoms with Gasteiger partial charge in [-0.1, -0.05) is 11.6 Å². The maximum atomic E-state index is 10.0. The van der Waals surface area contributed by atoms with Gasteiger partial charge in [0.05, 0.1) is 12.4 Å². The van der Waals surface area contributed by atoms with Crippen LogP contribution in [0.4, 0.5) is 0 Å². The molecule has 2 aliphatic heterocycles. The van der Waals surface area contributed by atoms with Crippen molar-refractivity contribution in [2.24, 2.45) is 0 Å². The minimum absolute atomic E-state index is 0.277. The maximum Gasteiger partial charge on any atom is 0.167 e. The number of aliphatic hydroxyl groups excluding tert-OH is 1. The molecule has 0 aliphatic carbocycles. The number of fused-ring (bicyclic) bond motifs is 2. The average molecular weight is 341 g/mol. The average Bonchev–Trinajstić information content (AvgIpc) is 3.09. The van der Waals surface area contributed by atoms with Gasteiger partial charge in [0, 0.05) is 0 Å². The Balaban J connectivity index is 1.77. The van der Waals surface area contributed by atoms with Crippen LogP contribution in [0.3, 0.4) is 0 Å². The molecule has 1 N–H and O–H groups in total. The molecule has 23 heavy (non-hydrogen) atoms. The molecule has 124 valence electrons. The summed E-state index contributed by atoms with van der Waals surface area (Å²) in [6.07, 6.45) is 0.501. The first-order chi connectivity index (χ1) is 10.9. The number of aliphatic hydroxyl groups is 1. The van der Waals surface area contributed by atoms with Gasteiger partial charge < -0.3 is 19.3 Å². The molecule has 0 bridgehead atoms. The van der Waals surface area contributed by atoms with Gasteiger partial charge in [-0.05, 0) is 20.8 Å². The van der Waals surface area contributed by atoms with Crippen LogP contribution in [0.25, 0.3) is 11.2 Å². The minimum Gasteiger partial charge on any atom is -0.391 e. The predicted octanol–water partition coefficient (Wildman–Crippen LogP) is 1.28. The van der Waals surface area contributed by atoms with Gasteiger partial charge in [-0.15, -0.1) is 0 Å². The van der Waals surface area contributed by atoms with Crippen molar-refractivity contribution in [2.75, 3.05) is 0 Å². The summed E-state index contributed by atoms with van der Waals surface area (Å²) >= 11 is 6.05. The molecule has 9 heteroatoms. The highest BCUT2D eigenvalue weighted by Gasteiger charge is 2.57. The van der Waals surface area contributed by atoms with Crippen LogP contribution >= 0.6 is 11.6 Å². The van der Waals surface area contributed by atoms with E-state index >= 15 is 0 Å². The van der Waals surface area contributed by atoms with Gasteiger partial charge in [0.25, 0.3) is 0 Å². The number of halogens is 1. The van der Waals surface area contributed by atoms with Crippen LogP contribution in [0.2, 0.25) is 5.15 Å². The van der Waals surface area contributed by atoms with E-state index in [4.69, 9.17) is 25.8 Å². The summed E-state index contributed by atoms with van der Waals surface area (Å²) in [6, 6.07) is 0. The molecule has 1 unspecified atom stereocenters. The van der Waals surface area contributed by atoms with Crippen molar-refractivity contribution in [3.8, 4) is 0 Å². The van der Waals surface area contributed by atoms with E-state index in [0.29, 0.717) is 11.2 Å². The van der Waals surface area contributed by atoms with Crippen molar-refractivity contribution < 1.29 is 19.3 Å². The van der Waals surface area contributed by atoms with Gasteiger partial charge in [0.2, 0.25) is 0 Å². The monoisotopic (exact) mass is 340 g/mol. The molecule has 2 aliphatic rings. The molecular weight excluding hydrogens is 324 g/mol. The van der Waals surface area contributed by atoms with Crippen LogP contribution in [0.1, 0.15) is 27.0 Å². The lowest BCUT2D eigenvalue weighted by atomic mass is 10.1. The molecule has 8 nitrogen and oxygen atoms in total. The van der Waals surface area contributed by atoms with E-state index in [1.54, 1.807) is 17.8 Å². The summed E-state index contributed by atoms with van der Waals surface area (Å²) < 4.78 is 19.6. The molecule has 0 amide bonds. The van der Waals surface area contributed by atoms with Gasteiger partial charge in [-0.25, -0.2) is 15.0 Å². The van der Waals surface area contributed by atoms with Crippen LogP contribution < -0.4 is 0 Å². The Morgan fingerprint density at radius 3 is 2.74 bits per heavy atom. The molecule has 0 radical (unpaired) electrons. The number of nitrogens with zero attached hydrogens (tertiary/aromatic N) is 4. The molecule has 2 aromatic heterocycles. The Hall–Kier alpha value is -1.32. The number of rotatable bonds is 2. The number of aromatic nitrogens is 4. The van der Waals surface area contributed by atoms with Gasteiger partial charge in [-0.3, -0.25) is 4.57 Å². The topological polar surface area (TPSA) is 91.5 Å². The first-order valence-electron chi connectivity index (χ1n) is 7.39. The van der Waals surface area contributed by atoms with E-state index in [1.807, 2.05) is 13.8 Å². The molecule has 2 saturated heterocycles. The third-order valence-electron chi connectivity index (χ3n) is 4.13. The van der Waals surface area contributed by atoms with E-state index in [2.05, 4.69) is 15.0 Å². The van der Waals surface area contributed by atoms with Crippen LogP contribution in [0, 0.1) is 0 Å². The second-order valence-corrected chi connectivity index (χ2v) is 6.64. The number of hydrogen-bond acceptors (Lipinski definition) is 7. The van der Waals surface area contributed by atoms with Crippen molar-refractivity contribution in [3.63, 3.8) is 0 Å². The Kier molecular flexibility index (Phi) is 3.37. The number of hydrogen-bond donors (Lipinski definition) is 1. The molecule has 2 aromatic rings. The lowest BCUT2D eigenvalue weighted by molar-refractivity contribution is -0.205. The molecule has 0 saturated carbocycles. The summed E-state index contributed by atoms with van der Waals surface area (Å²) in [5.41, 5.74) is 1.04. The lowest BCUT2D eigenvalue weighted by Crippen LogP contribution is -2.36. The standard InChI is InChI=1S/C14H17ClN4O4/c1-6(20)8-9-10(23-14(2,3)22-9)13(21-8)19-5-18-7-11(15)16-4-17-12(7)19/h4-6,8-10,13,20H,1-3H3/t6?,8-,9-,10-,13-/m1/s1. The maximum absolute atomic E-state index is 10.0. The molecule has 0 aromatic carbocycles. The Bertz CT molecular complexity index is 749. The fourth-order valence-corrected chi connectivity index (χ4v) is 3.41. The fraction of sp³-hybridized carbons (Fsp3) is 0.643. The summed E-state index contributed by atoms with van der Waals surface area (Å²) in [5, 5.41) is 10.3. The number of ether oxygens (including phenoxy) is 3. The zero-order valence-electron chi connectivity index (χ0n) is 12.9. The van der Waals surface area contributed by atoms with Crippen molar-refractivity contribution in [1.82, 2.24) is 19.5 Å². The van der Waals surface area contributed by atoms with Crippen molar-refractivity contribution in [2.45, 2.75) is 57.2 Å². The highest BCUT2D eigenvalue weighted by atomic mass is 35.5. The summed E-state index contributed by atoms with van der Waals surface area (Å²) in [4.78, 5) is 12.4. The van der Waals surface area contributed by atoms with Crippen molar-refractivity contribution >= 4 is 22.8 Å². The second kappa shape index (κ2) is 5.09. The Morgan fingerprint density at radius 1 is 1.26 bits per heavy atom. The Labute approximate surface area is 137 Å². The largest absolute Gasteiger partial charge is 0.391 e. The van der Waals surface area contributed by atoms with E-state index < -0.39 is 24.2 Å². The first-order valence-corrected chi connectivity index (χ1v) is 7.77. The van der Waals surface area contributed by atoms with Crippen molar-refractivity contribution in [3.05, 3.63) is 17.8 Å². The first kappa shape index (κ1) is 15.2. The van der Waals surface area contributed by atoms with Gasteiger partial charge in [-0.2, -0.15) is 0 Å². The van der Waals surface area contributed by atoms with Crippen LogP contribution in [0.5, 0.6) is 0 Å². The van der Waals surface area contributed by atoms with Gasteiger partial charge in [0.15, 0.2) is 22.8 Å². The molecule has 5 atom stereocenters. The smallest absolute Gasteiger partial charge is 0.167 e. The van der Waals surface area contributed by atoms with E-state index in [9.17, 15) is 5.11 Å². The van der Waals surface area contributed by atoms with Gasteiger partial charge in [0.1, 0.15) is 30.2 Å². The third kappa shape index (κ3) is 2.33. The predicted molar refractivity (Wildman–Crippen MR) is 79.7 cm³/mol. The highest BCUT2D eigenvalue weighted by molar-refractivity contribution is 6.33. The quantitative estimate of drug-likeness (QED) is 0.823.